The minimum atomic E-state index is -0.466. The molecule has 0 amide bonds. The lowest BCUT2D eigenvalue weighted by Gasteiger charge is -2.23. The summed E-state index contributed by atoms with van der Waals surface area (Å²) in [5.41, 5.74) is 5.79. The number of hydrogen-bond acceptors (Lipinski definition) is 3. The third-order valence-corrected chi connectivity index (χ3v) is 3.30. The first-order valence-electron chi connectivity index (χ1n) is 6.49. The molecule has 0 aliphatic heterocycles. The van der Waals surface area contributed by atoms with E-state index in [2.05, 4.69) is 20.8 Å². The highest BCUT2D eigenvalue weighted by atomic mass is 16.6. The predicted octanol–water partition coefficient (Wildman–Crippen LogP) is 2.73. The topological polar surface area (TPSA) is 52.3 Å². The lowest BCUT2D eigenvalue weighted by Crippen LogP contribution is -2.37. The van der Waals surface area contributed by atoms with E-state index in [1.807, 2.05) is 20.8 Å². The first-order valence-corrected chi connectivity index (χ1v) is 6.49. The highest BCUT2D eigenvalue weighted by molar-refractivity contribution is 5.75. The summed E-state index contributed by atoms with van der Waals surface area (Å²) in [6.45, 7) is 12.3. The summed E-state index contributed by atoms with van der Waals surface area (Å²) in [5, 5.41) is 0. The monoisotopic (exact) mass is 241 g/mol. The van der Waals surface area contributed by atoms with Crippen molar-refractivity contribution in [2.75, 3.05) is 0 Å². The molecule has 2 N–H and O–H groups in total. The second-order valence-corrected chi connectivity index (χ2v) is 7.34. The van der Waals surface area contributed by atoms with E-state index in [-0.39, 0.29) is 5.97 Å². The maximum absolute atomic E-state index is 11.7. The molecule has 3 heteroatoms. The Bertz CT molecular complexity index is 286. The summed E-state index contributed by atoms with van der Waals surface area (Å²) in [6, 6.07) is -0.466. The van der Waals surface area contributed by atoms with Gasteiger partial charge in [0.25, 0.3) is 0 Å². The van der Waals surface area contributed by atoms with Crippen molar-refractivity contribution in [3.05, 3.63) is 0 Å². The van der Waals surface area contributed by atoms with Gasteiger partial charge in [0, 0.05) is 0 Å². The molecule has 0 spiro atoms. The Morgan fingerprint density at radius 2 is 1.82 bits per heavy atom. The van der Waals surface area contributed by atoms with Gasteiger partial charge in [-0.2, -0.15) is 0 Å². The van der Waals surface area contributed by atoms with Gasteiger partial charge in [-0.05, 0) is 50.9 Å². The van der Waals surface area contributed by atoms with Crippen LogP contribution in [0.5, 0.6) is 0 Å². The Kier molecular flexibility index (Phi) is 3.92. The molecule has 1 fully saturated rings. The van der Waals surface area contributed by atoms with E-state index >= 15 is 0 Å². The lowest BCUT2D eigenvalue weighted by molar-refractivity contribution is -0.156. The molecule has 1 aliphatic carbocycles. The molecular weight excluding hydrogens is 214 g/mol. The molecule has 0 aromatic carbocycles. The minimum Gasteiger partial charge on any atom is -0.459 e. The van der Waals surface area contributed by atoms with Crippen LogP contribution in [0.4, 0.5) is 0 Å². The molecule has 3 nitrogen and oxygen atoms in total. The second kappa shape index (κ2) is 4.60. The van der Waals surface area contributed by atoms with E-state index in [1.165, 1.54) is 6.42 Å². The lowest BCUT2D eigenvalue weighted by atomic mass is 9.88. The Labute approximate surface area is 105 Å². The van der Waals surface area contributed by atoms with Gasteiger partial charge in [-0.3, -0.25) is 4.79 Å². The number of rotatable bonds is 3. The van der Waals surface area contributed by atoms with Gasteiger partial charge >= 0.3 is 5.97 Å². The van der Waals surface area contributed by atoms with Gasteiger partial charge in [-0.1, -0.05) is 20.8 Å². The average molecular weight is 241 g/mol. The molecular formula is C14H27NO2. The van der Waals surface area contributed by atoms with Crippen molar-refractivity contribution in [2.24, 2.45) is 23.0 Å². The summed E-state index contributed by atoms with van der Waals surface area (Å²) < 4.78 is 5.29. The third-order valence-electron chi connectivity index (χ3n) is 3.30. The maximum Gasteiger partial charge on any atom is 0.323 e. The van der Waals surface area contributed by atoms with E-state index in [0.29, 0.717) is 17.3 Å². The zero-order valence-corrected chi connectivity index (χ0v) is 12.0. The van der Waals surface area contributed by atoms with Crippen LogP contribution in [0.1, 0.15) is 54.4 Å². The van der Waals surface area contributed by atoms with E-state index < -0.39 is 11.6 Å². The third kappa shape index (κ3) is 4.66. The van der Waals surface area contributed by atoms with Crippen LogP contribution >= 0.6 is 0 Å². The smallest absolute Gasteiger partial charge is 0.323 e. The molecule has 0 aromatic rings. The zero-order valence-electron chi connectivity index (χ0n) is 12.0. The van der Waals surface area contributed by atoms with Crippen molar-refractivity contribution < 1.29 is 9.53 Å². The van der Waals surface area contributed by atoms with Crippen molar-refractivity contribution in [3.8, 4) is 0 Å². The molecule has 0 bridgehead atoms. The molecule has 1 saturated carbocycles. The predicted molar refractivity (Wildman–Crippen MR) is 69.5 cm³/mol. The average Bonchev–Trinajstić information content (AvgIpc) is 2.79. The van der Waals surface area contributed by atoms with E-state index in [1.54, 1.807) is 0 Å². The van der Waals surface area contributed by atoms with Crippen LogP contribution in [0, 0.1) is 17.3 Å². The molecule has 3 atom stereocenters. The number of carbonyl (C=O) groups excluding carboxylic acids is 1. The van der Waals surface area contributed by atoms with E-state index in [9.17, 15) is 4.79 Å². The molecule has 1 rings (SSSR count). The van der Waals surface area contributed by atoms with E-state index in [4.69, 9.17) is 10.5 Å². The fourth-order valence-electron chi connectivity index (χ4n) is 2.37. The summed E-state index contributed by atoms with van der Waals surface area (Å²) in [7, 11) is 0. The Morgan fingerprint density at radius 1 is 1.29 bits per heavy atom. The second-order valence-electron chi connectivity index (χ2n) is 7.34. The number of hydrogen-bond donors (Lipinski definition) is 1. The molecule has 1 aliphatic rings. The summed E-state index contributed by atoms with van der Waals surface area (Å²) >= 11 is 0. The van der Waals surface area contributed by atoms with Crippen molar-refractivity contribution >= 4 is 5.97 Å². The quantitative estimate of drug-likeness (QED) is 0.773. The van der Waals surface area contributed by atoms with Crippen LogP contribution in [0.3, 0.4) is 0 Å². The maximum atomic E-state index is 11.7. The van der Waals surface area contributed by atoms with Crippen molar-refractivity contribution in [1.82, 2.24) is 0 Å². The largest absolute Gasteiger partial charge is 0.459 e. The van der Waals surface area contributed by atoms with Gasteiger partial charge < -0.3 is 10.5 Å². The highest BCUT2D eigenvalue weighted by Crippen LogP contribution is 2.52. The van der Waals surface area contributed by atoms with Gasteiger partial charge in [-0.25, -0.2) is 0 Å². The molecule has 0 radical (unpaired) electrons. The van der Waals surface area contributed by atoms with Gasteiger partial charge in [0.2, 0.25) is 0 Å². The van der Waals surface area contributed by atoms with Crippen LogP contribution in [0.15, 0.2) is 0 Å². The Balaban J connectivity index is 2.37. The van der Waals surface area contributed by atoms with Crippen LogP contribution in [-0.4, -0.2) is 17.6 Å². The summed E-state index contributed by atoms with van der Waals surface area (Å²) in [5.74, 6) is 1.03. The van der Waals surface area contributed by atoms with Crippen LogP contribution in [0.25, 0.3) is 0 Å². The zero-order chi connectivity index (χ0) is 13.4. The molecule has 0 aromatic heterocycles. The minimum absolute atomic E-state index is 0.267. The van der Waals surface area contributed by atoms with Gasteiger partial charge in [0.1, 0.15) is 11.6 Å². The first-order chi connectivity index (χ1) is 7.50. The fraction of sp³-hybridized carbons (Fsp3) is 0.929. The van der Waals surface area contributed by atoms with Crippen molar-refractivity contribution in [3.63, 3.8) is 0 Å². The van der Waals surface area contributed by atoms with Crippen LogP contribution in [0.2, 0.25) is 0 Å². The Hall–Kier alpha value is -0.570. The number of nitrogens with two attached hydrogens (primary N) is 1. The van der Waals surface area contributed by atoms with E-state index in [0.717, 1.165) is 6.42 Å². The molecule has 2 unspecified atom stereocenters. The number of ether oxygens (including phenoxy) is 1. The molecule has 100 valence electrons. The van der Waals surface area contributed by atoms with Gasteiger partial charge in [0.15, 0.2) is 0 Å². The summed E-state index contributed by atoms with van der Waals surface area (Å²) in [4.78, 5) is 11.7. The van der Waals surface area contributed by atoms with Gasteiger partial charge in [-0.15, -0.1) is 0 Å². The molecule has 0 saturated heterocycles. The number of esters is 1. The summed E-state index contributed by atoms with van der Waals surface area (Å²) in [6.07, 6.45) is 1.96. The van der Waals surface area contributed by atoms with Crippen LogP contribution in [-0.2, 0) is 9.53 Å². The Morgan fingerprint density at radius 3 is 2.18 bits per heavy atom. The normalized spacial score (nSPS) is 26.5. The number of carbonyl (C=O) groups is 1. The van der Waals surface area contributed by atoms with Gasteiger partial charge in [0.05, 0.1) is 0 Å². The standard InChI is InChI=1S/C14H27NO2/c1-13(2,3)10-7-9(10)8-11(15)12(16)17-14(4,5)6/h9-11H,7-8,15H2,1-6H3/t9-,10?,11?/m1/s1. The van der Waals surface area contributed by atoms with Crippen LogP contribution < -0.4 is 5.73 Å². The van der Waals surface area contributed by atoms with Crippen molar-refractivity contribution in [1.29, 1.82) is 0 Å². The van der Waals surface area contributed by atoms with Crippen molar-refractivity contribution in [2.45, 2.75) is 66.0 Å². The fourth-order valence-corrected chi connectivity index (χ4v) is 2.37. The SMILES string of the molecule is CC(C)(C)OC(=O)C(N)C[C@H]1CC1C(C)(C)C. The molecule has 17 heavy (non-hydrogen) atoms. The first kappa shape index (κ1) is 14.5. The highest BCUT2D eigenvalue weighted by Gasteiger charge is 2.46. The molecule has 0 heterocycles.